The number of nitrogen functional groups attached to an aromatic ring is 1. The molecule has 0 amide bonds. The van der Waals surface area contributed by atoms with Gasteiger partial charge in [0.1, 0.15) is 22.2 Å². The number of benzene rings is 1. The van der Waals surface area contributed by atoms with Crippen LogP contribution in [-0.4, -0.2) is 19.7 Å². The van der Waals surface area contributed by atoms with Gasteiger partial charge in [-0.25, -0.2) is 19.0 Å². The summed E-state index contributed by atoms with van der Waals surface area (Å²) < 4.78 is 22.0. The van der Waals surface area contributed by atoms with Gasteiger partial charge < -0.3 is 10.5 Å². The maximum absolute atomic E-state index is 13.5. The van der Waals surface area contributed by atoms with E-state index in [4.69, 9.17) is 10.5 Å². The molecule has 1 unspecified atom stereocenters. The quantitative estimate of drug-likeness (QED) is 0.487. The van der Waals surface area contributed by atoms with Gasteiger partial charge in [-0.05, 0) is 65.3 Å². The smallest absolute Gasteiger partial charge is 0.166 e. The standard InChI is InChI=1S/C19H15BrFN5O/c1-11(18-15(5-6-17(20)25-18)26-8-2-7-23-26)27-16-10-12-9-13(21)3-4-14(12)24-19(16)22/h2-11H,1H3,(H2,22,24). The number of hydrogen-bond acceptors (Lipinski definition) is 5. The van der Waals surface area contributed by atoms with Gasteiger partial charge in [0.05, 0.1) is 11.2 Å². The highest BCUT2D eigenvalue weighted by molar-refractivity contribution is 9.10. The molecule has 4 aromatic rings. The summed E-state index contributed by atoms with van der Waals surface area (Å²) in [7, 11) is 0. The SMILES string of the molecule is CC(Oc1cc2cc(F)ccc2nc1N)c1nc(Br)ccc1-n1cccn1. The molecule has 136 valence electrons. The van der Waals surface area contributed by atoms with Gasteiger partial charge in [0.15, 0.2) is 11.6 Å². The van der Waals surface area contributed by atoms with Gasteiger partial charge in [-0.1, -0.05) is 0 Å². The number of fused-ring (bicyclic) bond motifs is 1. The van der Waals surface area contributed by atoms with Crippen LogP contribution in [0.5, 0.6) is 5.75 Å². The number of aromatic nitrogens is 4. The van der Waals surface area contributed by atoms with Crippen molar-refractivity contribution in [1.82, 2.24) is 19.7 Å². The van der Waals surface area contributed by atoms with Crippen LogP contribution in [-0.2, 0) is 0 Å². The summed E-state index contributed by atoms with van der Waals surface area (Å²) in [6.45, 7) is 1.86. The fourth-order valence-corrected chi connectivity index (χ4v) is 3.15. The Morgan fingerprint density at radius 1 is 1.19 bits per heavy atom. The summed E-state index contributed by atoms with van der Waals surface area (Å²) in [5.41, 5.74) is 8.10. The average Bonchev–Trinajstić information content (AvgIpc) is 3.17. The molecule has 0 aliphatic heterocycles. The van der Waals surface area contributed by atoms with Crippen LogP contribution in [0.4, 0.5) is 10.2 Å². The van der Waals surface area contributed by atoms with Gasteiger partial charge in [0.25, 0.3) is 0 Å². The van der Waals surface area contributed by atoms with Crippen molar-refractivity contribution in [3.63, 3.8) is 0 Å². The third-order valence-corrected chi connectivity index (χ3v) is 4.52. The predicted molar refractivity (Wildman–Crippen MR) is 104 cm³/mol. The van der Waals surface area contributed by atoms with Crippen molar-refractivity contribution in [2.45, 2.75) is 13.0 Å². The molecule has 3 heterocycles. The van der Waals surface area contributed by atoms with Gasteiger partial charge in [-0.15, -0.1) is 0 Å². The lowest BCUT2D eigenvalue weighted by molar-refractivity contribution is 0.222. The zero-order chi connectivity index (χ0) is 19.0. The van der Waals surface area contributed by atoms with Crippen LogP contribution in [0.3, 0.4) is 0 Å². The number of rotatable bonds is 4. The van der Waals surface area contributed by atoms with E-state index in [1.165, 1.54) is 12.1 Å². The molecule has 0 aliphatic rings. The van der Waals surface area contributed by atoms with Crippen molar-refractivity contribution in [2.75, 3.05) is 5.73 Å². The number of nitrogens with zero attached hydrogens (tertiary/aromatic N) is 4. The number of ether oxygens (including phenoxy) is 1. The summed E-state index contributed by atoms with van der Waals surface area (Å²) in [4.78, 5) is 8.83. The van der Waals surface area contributed by atoms with E-state index in [2.05, 4.69) is 31.0 Å². The minimum absolute atomic E-state index is 0.233. The Morgan fingerprint density at radius 2 is 2.04 bits per heavy atom. The van der Waals surface area contributed by atoms with Crippen molar-refractivity contribution >= 4 is 32.7 Å². The highest BCUT2D eigenvalue weighted by Gasteiger charge is 2.18. The lowest BCUT2D eigenvalue weighted by Crippen LogP contribution is -2.12. The van der Waals surface area contributed by atoms with E-state index in [1.54, 1.807) is 23.0 Å². The van der Waals surface area contributed by atoms with Crippen LogP contribution in [0, 0.1) is 5.82 Å². The minimum atomic E-state index is -0.447. The maximum Gasteiger partial charge on any atom is 0.166 e. The van der Waals surface area contributed by atoms with Crippen molar-refractivity contribution in [3.05, 3.63) is 71.0 Å². The van der Waals surface area contributed by atoms with Crippen LogP contribution in [0.15, 0.2) is 59.5 Å². The molecule has 1 aromatic carbocycles. The lowest BCUT2D eigenvalue weighted by atomic mass is 10.2. The van der Waals surface area contributed by atoms with Crippen LogP contribution in [0.25, 0.3) is 16.6 Å². The Kier molecular flexibility index (Phi) is 4.49. The maximum atomic E-state index is 13.5. The van der Waals surface area contributed by atoms with E-state index in [0.29, 0.717) is 26.9 Å². The molecular weight excluding hydrogens is 413 g/mol. The Labute approximate surface area is 162 Å². The Morgan fingerprint density at radius 3 is 2.81 bits per heavy atom. The van der Waals surface area contributed by atoms with E-state index in [0.717, 1.165) is 5.69 Å². The van der Waals surface area contributed by atoms with E-state index in [1.807, 2.05) is 31.3 Å². The zero-order valence-electron chi connectivity index (χ0n) is 14.3. The summed E-state index contributed by atoms with van der Waals surface area (Å²) >= 11 is 3.39. The fraction of sp³-hybridized carbons (Fsp3) is 0.105. The van der Waals surface area contributed by atoms with Gasteiger partial charge in [-0.2, -0.15) is 5.10 Å². The van der Waals surface area contributed by atoms with E-state index < -0.39 is 6.10 Å². The molecule has 0 spiro atoms. The van der Waals surface area contributed by atoms with Gasteiger partial charge >= 0.3 is 0 Å². The monoisotopic (exact) mass is 427 g/mol. The van der Waals surface area contributed by atoms with Crippen LogP contribution in [0.2, 0.25) is 0 Å². The summed E-state index contributed by atoms with van der Waals surface area (Å²) in [6.07, 6.45) is 3.07. The van der Waals surface area contributed by atoms with Crippen LogP contribution in [0.1, 0.15) is 18.7 Å². The third-order valence-electron chi connectivity index (χ3n) is 4.08. The molecule has 0 saturated carbocycles. The van der Waals surface area contributed by atoms with E-state index in [-0.39, 0.29) is 11.6 Å². The second kappa shape index (κ2) is 6.96. The first-order valence-corrected chi connectivity index (χ1v) is 8.99. The lowest BCUT2D eigenvalue weighted by Gasteiger charge is -2.19. The molecule has 0 bridgehead atoms. The molecule has 0 fully saturated rings. The summed E-state index contributed by atoms with van der Waals surface area (Å²) in [5, 5.41) is 4.87. The first-order valence-electron chi connectivity index (χ1n) is 8.20. The number of halogens is 2. The van der Waals surface area contributed by atoms with Crippen molar-refractivity contribution < 1.29 is 9.13 Å². The second-order valence-electron chi connectivity index (χ2n) is 5.96. The molecule has 0 radical (unpaired) electrons. The molecule has 3 aromatic heterocycles. The van der Waals surface area contributed by atoms with Crippen molar-refractivity contribution in [1.29, 1.82) is 0 Å². The fourth-order valence-electron chi connectivity index (χ4n) is 2.83. The molecule has 0 aliphatic carbocycles. The highest BCUT2D eigenvalue weighted by atomic mass is 79.9. The Hall–Kier alpha value is -3.00. The van der Waals surface area contributed by atoms with E-state index in [9.17, 15) is 4.39 Å². The van der Waals surface area contributed by atoms with E-state index >= 15 is 0 Å². The number of hydrogen-bond donors (Lipinski definition) is 1. The minimum Gasteiger partial charge on any atom is -0.480 e. The van der Waals surface area contributed by atoms with Crippen LogP contribution >= 0.6 is 15.9 Å². The molecule has 27 heavy (non-hydrogen) atoms. The first-order chi connectivity index (χ1) is 13.0. The molecule has 2 N–H and O–H groups in total. The average molecular weight is 428 g/mol. The highest BCUT2D eigenvalue weighted by Crippen LogP contribution is 2.31. The van der Waals surface area contributed by atoms with Gasteiger partial charge in [0, 0.05) is 17.8 Å². The third kappa shape index (κ3) is 3.48. The number of nitrogens with two attached hydrogens (primary N) is 1. The normalized spacial score (nSPS) is 12.3. The Bertz CT molecular complexity index is 1120. The molecule has 6 nitrogen and oxygen atoms in total. The Balaban J connectivity index is 1.72. The van der Waals surface area contributed by atoms with Crippen molar-refractivity contribution in [3.8, 4) is 11.4 Å². The van der Waals surface area contributed by atoms with Gasteiger partial charge in [0.2, 0.25) is 0 Å². The number of anilines is 1. The topological polar surface area (TPSA) is 78.9 Å². The van der Waals surface area contributed by atoms with Crippen molar-refractivity contribution in [2.24, 2.45) is 0 Å². The summed E-state index contributed by atoms with van der Waals surface area (Å²) in [6, 6.07) is 11.6. The van der Waals surface area contributed by atoms with Gasteiger partial charge in [-0.3, -0.25) is 0 Å². The first kappa shape index (κ1) is 17.4. The molecular formula is C19H15BrFN5O. The zero-order valence-corrected chi connectivity index (χ0v) is 15.9. The molecule has 0 saturated heterocycles. The van der Waals surface area contributed by atoms with Crippen LogP contribution < -0.4 is 10.5 Å². The molecule has 1 atom stereocenters. The molecule has 4 rings (SSSR count). The number of pyridine rings is 2. The largest absolute Gasteiger partial charge is 0.480 e. The predicted octanol–water partition coefficient (Wildman–Crippen LogP) is 4.44. The summed E-state index contributed by atoms with van der Waals surface area (Å²) in [5.74, 6) is 0.257. The second-order valence-corrected chi connectivity index (χ2v) is 6.77. The molecule has 8 heteroatoms.